The predicted molar refractivity (Wildman–Crippen MR) is 81.3 cm³/mol. The van der Waals surface area contributed by atoms with Crippen LogP contribution in [0.2, 0.25) is 0 Å². The van der Waals surface area contributed by atoms with Gasteiger partial charge in [0.25, 0.3) is 5.91 Å². The zero-order valence-electron chi connectivity index (χ0n) is 12.7. The number of hydrogen-bond donors (Lipinski definition) is 2. The van der Waals surface area contributed by atoms with Crippen LogP contribution in [0, 0.1) is 13.8 Å². The van der Waals surface area contributed by atoms with Crippen LogP contribution in [0.25, 0.3) is 10.9 Å². The molecule has 2 N–H and O–H groups in total. The largest absolute Gasteiger partial charge is 0.452 e. The Labute approximate surface area is 123 Å². The molecule has 0 spiro atoms. The molecule has 0 aliphatic rings. The molecular formula is C16H20N2O3. The number of carbonyl (C=O) groups is 2. The van der Waals surface area contributed by atoms with Crippen LogP contribution in [-0.2, 0) is 9.53 Å². The summed E-state index contributed by atoms with van der Waals surface area (Å²) in [4.78, 5) is 26.7. The molecule has 2 rings (SSSR count). The summed E-state index contributed by atoms with van der Waals surface area (Å²) in [6.07, 6.45) is 0. The molecule has 1 amide bonds. The molecule has 0 radical (unpaired) electrons. The molecule has 0 aliphatic carbocycles. The van der Waals surface area contributed by atoms with Gasteiger partial charge in [0.2, 0.25) is 0 Å². The van der Waals surface area contributed by atoms with E-state index in [2.05, 4.69) is 10.3 Å². The number of H-pyrrole nitrogens is 1. The maximum atomic E-state index is 12.0. The van der Waals surface area contributed by atoms with E-state index >= 15 is 0 Å². The van der Waals surface area contributed by atoms with Gasteiger partial charge >= 0.3 is 5.97 Å². The predicted octanol–water partition coefficient (Wildman–Crippen LogP) is 2.47. The zero-order chi connectivity index (χ0) is 15.6. The molecule has 112 valence electrons. The number of rotatable bonds is 4. The van der Waals surface area contributed by atoms with E-state index in [0.717, 1.165) is 22.2 Å². The van der Waals surface area contributed by atoms with Crippen molar-refractivity contribution < 1.29 is 14.3 Å². The number of hydrogen-bond acceptors (Lipinski definition) is 3. The molecule has 0 bridgehead atoms. The van der Waals surface area contributed by atoms with Crippen LogP contribution in [0.1, 0.15) is 35.5 Å². The van der Waals surface area contributed by atoms with Crippen LogP contribution in [0.3, 0.4) is 0 Å². The summed E-state index contributed by atoms with van der Waals surface area (Å²) in [6.45, 7) is 7.43. The highest BCUT2D eigenvalue weighted by atomic mass is 16.5. The molecule has 5 nitrogen and oxygen atoms in total. The number of esters is 1. The van der Waals surface area contributed by atoms with E-state index in [4.69, 9.17) is 4.74 Å². The van der Waals surface area contributed by atoms with Gasteiger partial charge in [-0.3, -0.25) is 4.79 Å². The minimum Gasteiger partial charge on any atom is -0.452 e. The number of aromatic nitrogens is 1. The van der Waals surface area contributed by atoms with Gasteiger partial charge in [0.15, 0.2) is 6.61 Å². The number of amides is 1. The normalized spacial score (nSPS) is 10.9. The second-order valence-corrected chi connectivity index (χ2v) is 5.43. The number of ether oxygens (including phenoxy) is 1. The Morgan fingerprint density at radius 2 is 2.00 bits per heavy atom. The van der Waals surface area contributed by atoms with Gasteiger partial charge in [-0.2, -0.15) is 0 Å². The second kappa shape index (κ2) is 5.99. The summed E-state index contributed by atoms with van der Waals surface area (Å²) in [5.41, 5.74) is 3.62. The number of aryl methyl sites for hydroxylation is 2. The molecule has 1 aromatic carbocycles. The molecule has 0 saturated heterocycles. The Hall–Kier alpha value is -2.30. The van der Waals surface area contributed by atoms with Crippen molar-refractivity contribution in [2.75, 3.05) is 6.61 Å². The molecule has 1 heterocycles. The van der Waals surface area contributed by atoms with Gasteiger partial charge in [0, 0.05) is 22.6 Å². The Kier molecular flexibility index (Phi) is 4.31. The van der Waals surface area contributed by atoms with Gasteiger partial charge in [-0.05, 0) is 51.5 Å². The van der Waals surface area contributed by atoms with Crippen molar-refractivity contribution in [2.45, 2.75) is 33.7 Å². The summed E-state index contributed by atoms with van der Waals surface area (Å²) in [6, 6.07) is 5.36. The first-order valence-electron chi connectivity index (χ1n) is 6.94. The number of fused-ring (bicyclic) bond motifs is 1. The van der Waals surface area contributed by atoms with E-state index in [-0.39, 0.29) is 18.6 Å². The van der Waals surface area contributed by atoms with Crippen LogP contribution < -0.4 is 5.32 Å². The average Bonchev–Trinajstić information content (AvgIpc) is 2.70. The lowest BCUT2D eigenvalue weighted by molar-refractivity contribution is -0.124. The summed E-state index contributed by atoms with van der Waals surface area (Å²) < 4.78 is 5.03. The van der Waals surface area contributed by atoms with Crippen LogP contribution in [-0.4, -0.2) is 29.5 Å². The fraction of sp³-hybridized carbons (Fsp3) is 0.375. The lowest BCUT2D eigenvalue weighted by atomic mass is 10.1. The standard InChI is InChI=1S/C16H20N2O3/c1-9(2)17-15(19)8-21-16(20)12-5-6-14-13(7-12)10(3)11(4)18-14/h5-7,9,18H,8H2,1-4H3,(H,17,19). The Morgan fingerprint density at radius 1 is 1.29 bits per heavy atom. The van der Waals surface area contributed by atoms with E-state index in [9.17, 15) is 9.59 Å². The van der Waals surface area contributed by atoms with Crippen LogP contribution in [0.15, 0.2) is 18.2 Å². The fourth-order valence-corrected chi connectivity index (χ4v) is 2.17. The lowest BCUT2D eigenvalue weighted by Gasteiger charge is -2.09. The molecule has 5 heteroatoms. The molecule has 2 aromatic rings. The molecule has 0 atom stereocenters. The Balaban J connectivity index is 2.09. The lowest BCUT2D eigenvalue weighted by Crippen LogP contribution is -2.33. The van der Waals surface area contributed by atoms with Crippen molar-refractivity contribution in [3.63, 3.8) is 0 Å². The third-order valence-electron chi connectivity index (χ3n) is 3.33. The minimum atomic E-state index is -0.492. The van der Waals surface area contributed by atoms with Crippen molar-refractivity contribution in [2.24, 2.45) is 0 Å². The van der Waals surface area contributed by atoms with Gasteiger partial charge in [-0.25, -0.2) is 4.79 Å². The summed E-state index contributed by atoms with van der Waals surface area (Å²) in [5.74, 6) is -0.790. The van der Waals surface area contributed by atoms with Gasteiger partial charge in [-0.1, -0.05) is 0 Å². The number of benzene rings is 1. The second-order valence-electron chi connectivity index (χ2n) is 5.43. The topological polar surface area (TPSA) is 71.2 Å². The van der Waals surface area contributed by atoms with Crippen molar-refractivity contribution in [1.29, 1.82) is 0 Å². The highest BCUT2D eigenvalue weighted by Crippen LogP contribution is 2.22. The molecule has 0 fully saturated rings. The van der Waals surface area contributed by atoms with Gasteiger partial charge < -0.3 is 15.0 Å². The number of nitrogens with one attached hydrogen (secondary N) is 2. The van der Waals surface area contributed by atoms with Crippen LogP contribution in [0.4, 0.5) is 0 Å². The average molecular weight is 288 g/mol. The zero-order valence-corrected chi connectivity index (χ0v) is 12.7. The Bertz CT molecular complexity index is 686. The van der Waals surface area contributed by atoms with Gasteiger partial charge in [-0.15, -0.1) is 0 Å². The first kappa shape index (κ1) is 15.1. The molecule has 0 saturated carbocycles. The van der Waals surface area contributed by atoms with Crippen LogP contribution in [0.5, 0.6) is 0 Å². The van der Waals surface area contributed by atoms with Gasteiger partial charge in [0.05, 0.1) is 5.56 Å². The van der Waals surface area contributed by atoms with E-state index in [0.29, 0.717) is 5.56 Å². The highest BCUT2D eigenvalue weighted by Gasteiger charge is 2.13. The molecule has 21 heavy (non-hydrogen) atoms. The number of aromatic amines is 1. The summed E-state index contributed by atoms with van der Waals surface area (Å²) >= 11 is 0. The van der Waals surface area contributed by atoms with Crippen molar-refractivity contribution >= 4 is 22.8 Å². The fourth-order valence-electron chi connectivity index (χ4n) is 2.17. The smallest absolute Gasteiger partial charge is 0.338 e. The molecule has 0 unspecified atom stereocenters. The van der Waals surface area contributed by atoms with Crippen molar-refractivity contribution in [3.05, 3.63) is 35.0 Å². The summed E-state index contributed by atoms with van der Waals surface area (Å²) in [7, 11) is 0. The van der Waals surface area contributed by atoms with Crippen molar-refractivity contribution in [3.8, 4) is 0 Å². The highest BCUT2D eigenvalue weighted by molar-refractivity contribution is 5.96. The van der Waals surface area contributed by atoms with E-state index in [1.54, 1.807) is 12.1 Å². The maximum absolute atomic E-state index is 12.0. The van der Waals surface area contributed by atoms with Crippen LogP contribution >= 0.6 is 0 Å². The molecule has 1 aromatic heterocycles. The molecule has 0 aliphatic heterocycles. The Morgan fingerprint density at radius 3 is 2.67 bits per heavy atom. The minimum absolute atomic E-state index is 0.0260. The SMILES string of the molecule is Cc1[nH]c2ccc(C(=O)OCC(=O)NC(C)C)cc2c1C. The molecular weight excluding hydrogens is 268 g/mol. The first-order chi connectivity index (χ1) is 9.88. The van der Waals surface area contributed by atoms with E-state index in [1.165, 1.54) is 0 Å². The maximum Gasteiger partial charge on any atom is 0.338 e. The van der Waals surface area contributed by atoms with Crippen molar-refractivity contribution in [1.82, 2.24) is 10.3 Å². The monoisotopic (exact) mass is 288 g/mol. The van der Waals surface area contributed by atoms with E-state index in [1.807, 2.05) is 33.8 Å². The van der Waals surface area contributed by atoms with E-state index < -0.39 is 5.97 Å². The summed E-state index contributed by atoms with van der Waals surface area (Å²) in [5, 5.41) is 3.66. The third-order valence-corrected chi connectivity index (χ3v) is 3.33. The third kappa shape index (κ3) is 3.42. The number of carbonyl (C=O) groups excluding carboxylic acids is 2. The van der Waals surface area contributed by atoms with Gasteiger partial charge in [0.1, 0.15) is 0 Å². The quantitative estimate of drug-likeness (QED) is 0.849. The first-order valence-corrected chi connectivity index (χ1v) is 6.94.